The van der Waals surface area contributed by atoms with E-state index in [1.807, 2.05) is 167 Å². The van der Waals surface area contributed by atoms with Crippen LogP contribution in [-0.2, 0) is 19.0 Å². The second kappa shape index (κ2) is 65.9. The van der Waals surface area contributed by atoms with Crippen molar-refractivity contribution in [2.75, 3.05) is 84.8 Å². The number of rotatable bonds is 21. The quantitative estimate of drug-likeness (QED) is 0.0630. The number of hydrogen-bond acceptors (Lipinski definition) is 15. The normalized spacial score (nSPS) is 10.1. The van der Waals surface area contributed by atoms with Crippen molar-refractivity contribution in [2.24, 2.45) is 0 Å². The van der Waals surface area contributed by atoms with Gasteiger partial charge in [-0.05, 0) is 310 Å². The monoisotopic (exact) mass is 2000 g/mol. The molecule has 0 saturated heterocycles. The summed E-state index contributed by atoms with van der Waals surface area (Å²) in [6, 6.07) is 65.5. The van der Waals surface area contributed by atoms with Crippen LogP contribution in [-0.4, -0.2) is 104 Å². The fraction of sp³-hybridized carbons (Fsp3) is 0.351. The molecule has 0 unspecified atom stereocenters. The highest BCUT2D eigenvalue weighted by Gasteiger charge is 2.32. The Morgan fingerprint density at radius 2 is 0.572 bits per heavy atom. The molecule has 27 heteroatoms. The average molecular weight is 2010 g/mol. The predicted molar refractivity (Wildman–Crippen MR) is 549 cm³/mol. The standard InChI is InChI=1S/C11H16O2.C11H16O.C10H14O2.C10H14O.C9H11Cl.C9H9F3O2.C9H9F3O.C9H10F2O2.C9H12O2.C9H12O.C8H9ClO.C7H6Cl2/c1-8(2)13-10-6-5-9(3)11(7-10)12-4;1-8(2)10-6-5-9(3)11(7-10)12-4;1-4-12-9-6-5-8(2)10(7-9)11-3;1-4-9-6-5-8(2)10(7-9)11-3;1-3-8-5-4-7(2)9(10)6-8;1-6-3-4-7(5-8(6)13-2)14-9(10,11)12;1-6-3-4-7(9(10,11)12)5-8(6)13-2;1-6-3-4-7(13-9(10)11)5-8(6)12-2;1-7-4-5-8(10-2)6-9(7)11-3;1-7-4-5-8(2)9(6-7)10-3;1-6-3-4-7(9)5-8(6)10-2;1-5-2-3-6(8)4-7(5)9/h5-8H,1-4H3;5-8H,1-4H3;5-7H,4H2,1-3H3;5-7H,4H2,1-3H3;4-6H,3H2,1-2H3;3-5H,1-2H3;3-5H,1-2H3;3-5,9H,1-2H3;4-6H,1-3H3;4-6H,1-3H3;3-5H,1-2H3;2-4H,1H3. The van der Waals surface area contributed by atoms with Crippen LogP contribution in [0.1, 0.15) is 149 Å². The highest BCUT2D eigenvalue weighted by Crippen LogP contribution is 2.35. The summed E-state index contributed by atoms with van der Waals surface area (Å²) in [5.74, 6) is 10.5. The lowest BCUT2D eigenvalue weighted by molar-refractivity contribution is -0.274. The van der Waals surface area contributed by atoms with E-state index in [2.05, 4.69) is 119 Å². The molecule has 15 nitrogen and oxygen atoms in total. The molecule has 12 aromatic rings. The van der Waals surface area contributed by atoms with Crippen molar-refractivity contribution >= 4 is 46.4 Å². The van der Waals surface area contributed by atoms with E-state index in [0.29, 0.717) is 39.6 Å². The van der Waals surface area contributed by atoms with Gasteiger partial charge in [-0.2, -0.15) is 22.0 Å². The molecule has 0 bridgehead atoms. The Kier molecular flexibility index (Phi) is 59.4. The number of halogens is 12. The second-order valence-corrected chi connectivity index (χ2v) is 32.7. The van der Waals surface area contributed by atoms with E-state index < -0.39 is 24.7 Å². The van der Waals surface area contributed by atoms with Gasteiger partial charge in [0.2, 0.25) is 0 Å². The van der Waals surface area contributed by atoms with Gasteiger partial charge in [0.1, 0.15) is 86.2 Å². The number of alkyl halides is 8. The Labute approximate surface area is 834 Å². The van der Waals surface area contributed by atoms with Gasteiger partial charge in [-0.1, -0.05) is 171 Å². The van der Waals surface area contributed by atoms with Crippen molar-refractivity contribution in [3.63, 3.8) is 0 Å². The van der Waals surface area contributed by atoms with Crippen LogP contribution < -0.4 is 71.1 Å². The highest BCUT2D eigenvalue weighted by molar-refractivity contribution is 6.35. The first-order valence-electron chi connectivity index (χ1n) is 43.9. The minimum atomic E-state index is -4.67. The minimum Gasteiger partial charge on any atom is -0.497 e. The summed E-state index contributed by atoms with van der Waals surface area (Å²) in [6.45, 7) is 37.9. The summed E-state index contributed by atoms with van der Waals surface area (Å²) in [5.41, 5.74) is 17.1. The van der Waals surface area contributed by atoms with E-state index in [1.165, 1.54) is 96.7 Å². The molecule has 0 saturated carbocycles. The molecule has 0 heterocycles. The van der Waals surface area contributed by atoms with Crippen molar-refractivity contribution < 1.29 is 106 Å². The smallest absolute Gasteiger partial charge is 0.497 e. The zero-order valence-corrected chi connectivity index (χ0v) is 88.3. The van der Waals surface area contributed by atoms with Crippen molar-refractivity contribution in [3.05, 3.63) is 333 Å². The number of ether oxygens (including phenoxy) is 15. The fourth-order valence-corrected chi connectivity index (χ4v) is 12.3. The minimum absolute atomic E-state index is 0.109. The predicted octanol–water partition coefficient (Wildman–Crippen LogP) is 32.9. The third kappa shape index (κ3) is 49.0. The summed E-state index contributed by atoms with van der Waals surface area (Å²) < 4.78 is 170. The van der Waals surface area contributed by atoms with E-state index >= 15 is 0 Å². The van der Waals surface area contributed by atoms with E-state index in [1.54, 1.807) is 88.9 Å². The van der Waals surface area contributed by atoms with Crippen LogP contribution in [0.4, 0.5) is 35.1 Å². The third-order valence-corrected chi connectivity index (χ3v) is 21.0. The van der Waals surface area contributed by atoms with Gasteiger partial charge in [0.15, 0.2) is 0 Å². The van der Waals surface area contributed by atoms with Crippen LogP contribution in [0.2, 0.25) is 20.1 Å². The van der Waals surface area contributed by atoms with E-state index in [9.17, 15) is 35.1 Å². The SMILES string of the molecule is CCOc1ccc(C)c(OC)c1.CCc1ccc(C)c(Cl)c1.CCc1ccc(C)c(OC)c1.COc1cc(C(C)C)ccc1C.COc1cc(C(F)(F)F)ccc1C.COc1cc(C)ccc1C.COc1cc(Cl)ccc1C.COc1cc(OC(C)C)ccc1C.COc1cc(OC(F)(F)F)ccc1C.COc1cc(OC(F)F)ccc1C.COc1ccc(C)c(OC)c1.Cc1ccc(Cl)cc1Cl. The molecule has 0 aromatic heterocycles. The summed E-state index contributed by atoms with van der Waals surface area (Å²) in [5, 5.41) is 3.00. The number of hydrogen-bond donors (Lipinski definition) is 0. The highest BCUT2D eigenvalue weighted by atomic mass is 35.5. The summed E-state index contributed by atoms with van der Waals surface area (Å²) in [6.07, 6.45) is -6.65. The molecular weight excluding hydrogens is 1870 g/mol. The van der Waals surface area contributed by atoms with Gasteiger partial charge in [-0.15, -0.1) is 13.2 Å². The van der Waals surface area contributed by atoms with Crippen LogP contribution in [0.5, 0.6) is 86.2 Å². The fourth-order valence-electron chi connectivity index (χ4n) is 11.5. The Bertz CT molecular complexity index is 5370. The van der Waals surface area contributed by atoms with Crippen LogP contribution in [0.15, 0.2) is 218 Å². The van der Waals surface area contributed by atoms with Crippen molar-refractivity contribution in [3.8, 4) is 86.2 Å². The van der Waals surface area contributed by atoms with Gasteiger partial charge < -0.3 is 71.1 Å². The molecule has 12 rings (SSSR count). The maximum atomic E-state index is 12.2. The Morgan fingerprint density at radius 3 is 0.928 bits per heavy atom. The third-order valence-electron chi connectivity index (χ3n) is 19.7. The lowest BCUT2D eigenvalue weighted by Crippen LogP contribution is -2.17. The van der Waals surface area contributed by atoms with Crippen LogP contribution in [0.25, 0.3) is 0 Å². The molecule has 0 aliphatic heterocycles. The summed E-state index contributed by atoms with van der Waals surface area (Å²) in [7, 11) is 17.6. The lowest BCUT2D eigenvalue weighted by Gasteiger charge is -2.11. The topological polar surface area (TPSA) is 138 Å². The summed E-state index contributed by atoms with van der Waals surface area (Å²) >= 11 is 23.0. The largest absolute Gasteiger partial charge is 0.573 e. The first-order valence-corrected chi connectivity index (χ1v) is 45.4. The van der Waals surface area contributed by atoms with Gasteiger partial charge >= 0.3 is 19.2 Å². The Morgan fingerprint density at radius 1 is 0.275 bits per heavy atom. The zero-order valence-electron chi connectivity index (χ0n) is 85.3. The van der Waals surface area contributed by atoms with Gasteiger partial charge in [0.05, 0.1) is 96.5 Å². The van der Waals surface area contributed by atoms with Crippen LogP contribution >= 0.6 is 46.4 Å². The average Bonchev–Trinajstić information content (AvgIpc) is 0.834. The van der Waals surface area contributed by atoms with Crippen LogP contribution in [0, 0.1) is 90.0 Å². The van der Waals surface area contributed by atoms with Gasteiger partial charge in [-0.3, -0.25) is 0 Å². The Hall–Kier alpha value is -11.8. The maximum absolute atomic E-state index is 12.2. The van der Waals surface area contributed by atoms with E-state index in [0.717, 1.165) is 137 Å². The lowest BCUT2D eigenvalue weighted by atomic mass is 10.0. The van der Waals surface area contributed by atoms with Crippen molar-refractivity contribution in [1.82, 2.24) is 0 Å². The molecule has 756 valence electrons. The molecule has 0 fully saturated rings. The van der Waals surface area contributed by atoms with Gasteiger partial charge in [0.25, 0.3) is 0 Å². The number of methoxy groups -OCH3 is 11. The molecule has 12 aromatic carbocycles. The zero-order chi connectivity index (χ0) is 105. The van der Waals surface area contributed by atoms with E-state index in [4.69, 9.17) is 108 Å². The molecule has 0 amide bonds. The summed E-state index contributed by atoms with van der Waals surface area (Å²) in [4.78, 5) is 0. The van der Waals surface area contributed by atoms with Crippen molar-refractivity contribution in [1.29, 1.82) is 0 Å². The molecule has 0 atom stereocenters. The number of benzene rings is 12. The molecule has 0 N–H and O–H groups in total. The molecule has 0 aliphatic rings. The first-order chi connectivity index (χ1) is 65.0. The second-order valence-electron chi connectivity index (χ2n) is 31.0. The molecular formula is C111H138Cl4F8O15. The van der Waals surface area contributed by atoms with E-state index in [-0.39, 0.29) is 23.4 Å². The number of aryl methyl sites for hydroxylation is 15. The van der Waals surface area contributed by atoms with Crippen LogP contribution in [0.3, 0.4) is 0 Å². The Balaban J connectivity index is 0.000000754. The molecule has 0 aliphatic carbocycles. The van der Waals surface area contributed by atoms with Gasteiger partial charge in [0, 0.05) is 50.4 Å². The first kappa shape index (κ1) is 124. The van der Waals surface area contributed by atoms with Gasteiger partial charge in [-0.25, -0.2) is 0 Å². The van der Waals surface area contributed by atoms with Crippen molar-refractivity contribution in [2.45, 2.75) is 182 Å². The molecule has 138 heavy (non-hydrogen) atoms. The molecule has 0 radical (unpaired) electrons. The maximum Gasteiger partial charge on any atom is 0.573 e. The molecule has 0 spiro atoms.